The Morgan fingerprint density at radius 3 is 2.65 bits per heavy atom. The van der Waals surface area contributed by atoms with Crippen LogP contribution in [0.4, 0.5) is 11.5 Å². The number of hydrogen-bond acceptors (Lipinski definition) is 5. The maximum Gasteiger partial charge on any atom is 0.333 e. The van der Waals surface area contributed by atoms with Gasteiger partial charge in [-0.2, -0.15) is 5.10 Å². The fourth-order valence-electron chi connectivity index (χ4n) is 2.98. The third kappa shape index (κ3) is 2.63. The van der Waals surface area contributed by atoms with Crippen LogP contribution in [0.2, 0.25) is 0 Å². The third-order valence-corrected chi connectivity index (χ3v) is 4.21. The van der Waals surface area contributed by atoms with E-state index in [1.807, 2.05) is 6.92 Å². The second-order valence-electron chi connectivity index (χ2n) is 5.57. The molecule has 1 saturated carbocycles. The number of rotatable bonds is 6. The van der Waals surface area contributed by atoms with E-state index in [1.54, 1.807) is 11.6 Å². The minimum Gasteiger partial charge on any atom is -0.396 e. The molecule has 0 spiro atoms. The fraction of sp³-hybridized carbons (Fsp3) is 0.769. The van der Waals surface area contributed by atoms with Crippen LogP contribution in [-0.2, 0) is 6.54 Å². The van der Waals surface area contributed by atoms with Gasteiger partial charge in [-0.25, -0.2) is 4.68 Å². The number of aliphatic hydroxyl groups excluding tert-OH is 1. The van der Waals surface area contributed by atoms with Crippen molar-refractivity contribution in [3.05, 3.63) is 15.8 Å². The predicted octanol–water partition coefficient (Wildman–Crippen LogP) is 2.08. The summed E-state index contributed by atoms with van der Waals surface area (Å²) in [7, 11) is 0. The largest absolute Gasteiger partial charge is 0.396 e. The van der Waals surface area contributed by atoms with Crippen molar-refractivity contribution >= 4 is 11.5 Å². The summed E-state index contributed by atoms with van der Waals surface area (Å²) in [6.45, 7) is 4.79. The molecule has 1 fully saturated rings. The summed E-state index contributed by atoms with van der Waals surface area (Å²) in [4.78, 5) is 10.8. The average molecular weight is 282 g/mol. The highest BCUT2D eigenvalue weighted by atomic mass is 16.6. The highest BCUT2D eigenvalue weighted by molar-refractivity contribution is 5.59. The van der Waals surface area contributed by atoms with Gasteiger partial charge in [-0.3, -0.25) is 10.1 Å². The minimum absolute atomic E-state index is 0.0398. The number of nitro groups is 1. The molecule has 0 unspecified atom stereocenters. The molecule has 0 bridgehead atoms. The molecule has 1 aliphatic rings. The van der Waals surface area contributed by atoms with Crippen molar-refractivity contribution in [3.8, 4) is 0 Å². The van der Waals surface area contributed by atoms with E-state index in [0.717, 1.165) is 25.7 Å². The molecular weight excluding hydrogens is 260 g/mol. The van der Waals surface area contributed by atoms with Crippen LogP contribution < -0.4 is 5.32 Å². The normalized spacial score (nSPS) is 17.4. The lowest BCUT2D eigenvalue weighted by molar-refractivity contribution is -0.384. The van der Waals surface area contributed by atoms with E-state index in [2.05, 4.69) is 10.4 Å². The smallest absolute Gasteiger partial charge is 0.333 e. The maximum absolute atomic E-state index is 11.2. The van der Waals surface area contributed by atoms with Crippen LogP contribution in [0.15, 0.2) is 0 Å². The summed E-state index contributed by atoms with van der Waals surface area (Å²) >= 11 is 0. The van der Waals surface area contributed by atoms with E-state index in [9.17, 15) is 15.2 Å². The summed E-state index contributed by atoms with van der Waals surface area (Å²) in [5.41, 5.74) is 0.312. The summed E-state index contributed by atoms with van der Waals surface area (Å²) < 4.78 is 1.62. The van der Waals surface area contributed by atoms with Gasteiger partial charge in [0.25, 0.3) is 0 Å². The molecule has 0 atom stereocenters. The Morgan fingerprint density at radius 2 is 2.15 bits per heavy atom. The maximum atomic E-state index is 11.2. The molecule has 2 N–H and O–H groups in total. The number of aromatic nitrogens is 2. The number of nitrogens with one attached hydrogen (secondary N) is 1. The van der Waals surface area contributed by atoms with Gasteiger partial charge in [0.15, 0.2) is 0 Å². The fourth-order valence-corrected chi connectivity index (χ4v) is 2.98. The molecule has 1 aromatic rings. The molecule has 0 aliphatic heterocycles. The Labute approximate surface area is 118 Å². The van der Waals surface area contributed by atoms with Crippen LogP contribution in [0.3, 0.4) is 0 Å². The summed E-state index contributed by atoms with van der Waals surface area (Å²) in [5, 5.41) is 28.2. The third-order valence-electron chi connectivity index (χ3n) is 4.21. The second-order valence-corrected chi connectivity index (χ2v) is 5.57. The van der Waals surface area contributed by atoms with Crippen molar-refractivity contribution in [2.24, 2.45) is 5.41 Å². The quantitative estimate of drug-likeness (QED) is 0.615. The molecule has 0 saturated heterocycles. The van der Waals surface area contributed by atoms with Gasteiger partial charge in [-0.15, -0.1) is 0 Å². The first kappa shape index (κ1) is 14.8. The van der Waals surface area contributed by atoms with Crippen LogP contribution in [0.25, 0.3) is 0 Å². The van der Waals surface area contributed by atoms with Crippen LogP contribution >= 0.6 is 0 Å². The van der Waals surface area contributed by atoms with Gasteiger partial charge in [0.1, 0.15) is 5.69 Å². The molecule has 1 aliphatic carbocycles. The zero-order valence-electron chi connectivity index (χ0n) is 12.1. The van der Waals surface area contributed by atoms with Crippen LogP contribution in [0.1, 0.15) is 38.3 Å². The molecule has 1 heterocycles. The average Bonchev–Trinajstić information content (AvgIpc) is 3.01. The lowest BCUT2D eigenvalue weighted by Gasteiger charge is -2.26. The van der Waals surface area contributed by atoms with E-state index >= 15 is 0 Å². The number of hydrogen-bond donors (Lipinski definition) is 2. The van der Waals surface area contributed by atoms with E-state index in [1.165, 1.54) is 0 Å². The van der Waals surface area contributed by atoms with Crippen molar-refractivity contribution in [1.82, 2.24) is 9.78 Å². The highest BCUT2D eigenvalue weighted by Crippen LogP contribution is 2.38. The topological polar surface area (TPSA) is 93.2 Å². The van der Waals surface area contributed by atoms with Crippen molar-refractivity contribution in [3.63, 3.8) is 0 Å². The Bertz CT molecular complexity index is 492. The van der Waals surface area contributed by atoms with Crippen LogP contribution in [0.5, 0.6) is 0 Å². The first-order chi connectivity index (χ1) is 9.53. The molecule has 7 nitrogen and oxygen atoms in total. The lowest BCUT2D eigenvalue weighted by Crippen LogP contribution is -2.31. The van der Waals surface area contributed by atoms with Crippen LogP contribution in [0, 0.1) is 22.5 Å². The standard InChI is InChI=1S/C13H22N4O3/c1-3-16-12(11(17(19)20)10(2)15-16)14-8-13(9-18)6-4-5-7-13/h14,18H,3-9H2,1-2H3. The van der Waals surface area contributed by atoms with Gasteiger partial charge >= 0.3 is 5.69 Å². The predicted molar refractivity (Wildman–Crippen MR) is 75.8 cm³/mol. The molecule has 0 amide bonds. The monoisotopic (exact) mass is 282 g/mol. The van der Waals surface area contributed by atoms with Crippen molar-refractivity contribution in [2.45, 2.75) is 46.1 Å². The second kappa shape index (κ2) is 5.78. The van der Waals surface area contributed by atoms with Gasteiger partial charge in [0.2, 0.25) is 5.82 Å². The van der Waals surface area contributed by atoms with Gasteiger partial charge in [0.05, 0.1) is 11.5 Å². The summed E-state index contributed by atoms with van der Waals surface area (Å²) in [6, 6.07) is 0. The molecule has 112 valence electrons. The number of aryl methyl sites for hydroxylation is 2. The lowest BCUT2D eigenvalue weighted by atomic mass is 9.87. The molecule has 0 aromatic carbocycles. The molecule has 7 heteroatoms. The molecule has 0 radical (unpaired) electrons. The Balaban J connectivity index is 2.22. The van der Waals surface area contributed by atoms with Crippen molar-refractivity contribution in [1.29, 1.82) is 0 Å². The van der Waals surface area contributed by atoms with Gasteiger partial charge in [-0.05, 0) is 26.7 Å². The molecule has 20 heavy (non-hydrogen) atoms. The minimum atomic E-state index is -0.392. The Hall–Kier alpha value is -1.63. The van der Waals surface area contributed by atoms with E-state index in [0.29, 0.717) is 24.6 Å². The number of aliphatic hydroxyl groups is 1. The zero-order chi connectivity index (χ0) is 14.8. The molecule has 2 rings (SSSR count). The number of nitrogens with zero attached hydrogens (tertiary/aromatic N) is 3. The number of anilines is 1. The summed E-state index contributed by atoms with van der Waals surface area (Å²) in [6.07, 6.45) is 4.14. The summed E-state index contributed by atoms with van der Waals surface area (Å²) in [5.74, 6) is 0.453. The van der Waals surface area contributed by atoms with E-state index < -0.39 is 4.92 Å². The van der Waals surface area contributed by atoms with Crippen molar-refractivity contribution in [2.75, 3.05) is 18.5 Å². The Morgan fingerprint density at radius 1 is 1.50 bits per heavy atom. The van der Waals surface area contributed by atoms with E-state index in [-0.39, 0.29) is 17.7 Å². The first-order valence-electron chi connectivity index (χ1n) is 7.09. The van der Waals surface area contributed by atoms with Crippen LogP contribution in [-0.4, -0.2) is 33.0 Å². The van der Waals surface area contributed by atoms with Gasteiger partial charge in [-0.1, -0.05) is 12.8 Å². The van der Waals surface area contributed by atoms with Crippen molar-refractivity contribution < 1.29 is 10.0 Å². The zero-order valence-corrected chi connectivity index (χ0v) is 12.1. The van der Waals surface area contributed by atoms with E-state index in [4.69, 9.17) is 0 Å². The first-order valence-corrected chi connectivity index (χ1v) is 7.09. The SMILES string of the molecule is CCn1nc(C)c([N+](=O)[O-])c1NCC1(CO)CCCC1. The highest BCUT2D eigenvalue weighted by Gasteiger charge is 2.34. The van der Waals surface area contributed by atoms with Gasteiger partial charge < -0.3 is 10.4 Å². The molecule has 1 aromatic heterocycles. The molecular formula is C13H22N4O3. The Kier molecular flexibility index (Phi) is 4.27. The van der Waals surface area contributed by atoms with Gasteiger partial charge in [0, 0.05) is 18.5 Å².